The lowest BCUT2D eigenvalue weighted by molar-refractivity contribution is 0.717. The molecule has 0 amide bonds. The molecule has 1 aromatic carbocycles. The minimum absolute atomic E-state index is 0.626. The number of nitrogens with zero attached hydrogens (tertiary/aromatic N) is 3. The third kappa shape index (κ3) is 1.45. The van der Waals surface area contributed by atoms with E-state index in [2.05, 4.69) is 38.3 Å². The molecule has 2 aliphatic rings. The van der Waals surface area contributed by atoms with Gasteiger partial charge in [-0.25, -0.2) is 0 Å². The van der Waals surface area contributed by atoms with Gasteiger partial charge >= 0.3 is 0 Å². The summed E-state index contributed by atoms with van der Waals surface area (Å²) >= 11 is 0. The molecule has 0 radical (unpaired) electrons. The molecule has 0 bridgehead atoms. The molecule has 1 saturated carbocycles. The van der Waals surface area contributed by atoms with E-state index in [1.807, 2.05) is 6.92 Å². The first kappa shape index (κ1) is 10.1. The van der Waals surface area contributed by atoms with E-state index in [-0.39, 0.29) is 0 Å². The predicted octanol–water partition coefficient (Wildman–Crippen LogP) is 2.56. The van der Waals surface area contributed by atoms with Crippen molar-refractivity contribution in [3.63, 3.8) is 0 Å². The smallest absolute Gasteiger partial charge is 0.164 e. The van der Waals surface area contributed by atoms with Gasteiger partial charge in [-0.05, 0) is 49.9 Å². The van der Waals surface area contributed by atoms with Crippen LogP contribution in [0.5, 0.6) is 0 Å². The number of fused-ring (bicyclic) bond motifs is 1. The number of aromatic nitrogens is 3. The molecule has 18 heavy (non-hydrogen) atoms. The molecule has 0 saturated heterocycles. The summed E-state index contributed by atoms with van der Waals surface area (Å²) in [7, 11) is 0. The number of aryl methyl sites for hydroxylation is 1. The van der Waals surface area contributed by atoms with Gasteiger partial charge in [0.25, 0.3) is 0 Å². The molecule has 4 nitrogen and oxygen atoms in total. The highest BCUT2D eigenvalue weighted by Gasteiger charge is 2.28. The summed E-state index contributed by atoms with van der Waals surface area (Å²) in [5.41, 5.74) is 3.87. The first-order valence-electron chi connectivity index (χ1n) is 6.61. The fraction of sp³-hybridized carbons (Fsp3) is 0.429. The van der Waals surface area contributed by atoms with Crippen molar-refractivity contribution in [2.24, 2.45) is 0 Å². The van der Waals surface area contributed by atoms with Crippen LogP contribution < -0.4 is 5.32 Å². The van der Waals surface area contributed by atoms with Crippen LogP contribution in [0.15, 0.2) is 18.2 Å². The third-order valence-electron chi connectivity index (χ3n) is 3.85. The summed E-state index contributed by atoms with van der Waals surface area (Å²) < 4.78 is 2.30. The molecule has 0 spiro atoms. The molecule has 1 fully saturated rings. The highest BCUT2D eigenvalue weighted by Crippen LogP contribution is 2.39. The molecule has 1 aliphatic carbocycles. The van der Waals surface area contributed by atoms with Gasteiger partial charge in [0.15, 0.2) is 5.82 Å². The minimum Gasteiger partial charge on any atom is -0.384 e. The number of rotatable bonds is 2. The van der Waals surface area contributed by atoms with Crippen molar-refractivity contribution in [2.45, 2.75) is 32.2 Å². The number of hydrogen-bond acceptors (Lipinski definition) is 3. The van der Waals surface area contributed by atoms with Gasteiger partial charge in [0.2, 0.25) is 0 Å². The first-order valence-corrected chi connectivity index (χ1v) is 6.61. The van der Waals surface area contributed by atoms with E-state index in [1.165, 1.54) is 29.7 Å². The maximum atomic E-state index is 4.37. The van der Waals surface area contributed by atoms with Crippen molar-refractivity contribution >= 4 is 5.69 Å². The van der Waals surface area contributed by atoms with Crippen molar-refractivity contribution < 1.29 is 0 Å². The van der Waals surface area contributed by atoms with E-state index in [1.54, 1.807) is 0 Å². The van der Waals surface area contributed by atoms with Crippen molar-refractivity contribution in [1.82, 2.24) is 14.8 Å². The molecule has 1 aromatic heterocycles. The molecule has 4 heteroatoms. The van der Waals surface area contributed by atoms with E-state index >= 15 is 0 Å². The van der Waals surface area contributed by atoms with Crippen molar-refractivity contribution in [3.8, 4) is 11.4 Å². The summed E-state index contributed by atoms with van der Waals surface area (Å²) in [6.07, 6.45) is 3.64. The topological polar surface area (TPSA) is 42.7 Å². The number of anilines is 1. The van der Waals surface area contributed by atoms with Crippen LogP contribution >= 0.6 is 0 Å². The molecule has 2 aromatic rings. The molecule has 4 rings (SSSR count). The van der Waals surface area contributed by atoms with E-state index in [4.69, 9.17) is 0 Å². The molecule has 0 atom stereocenters. The Kier molecular flexibility index (Phi) is 2.01. The SMILES string of the molecule is Cc1nnc(-c2ccc3c(c2)CCN3)n1C1CC1. The zero-order valence-electron chi connectivity index (χ0n) is 10.5. The monoisotopic (exact) mass is 240 g/mol. The Bertz CT molecular complexity index is 610. The third-order valence-corrected chi connectivity index (χ3v) is 3.85. The van der Waals surface area contributed by atoms with Gasteiger partial charge in [-0.15, -0.1) is 10.2 Å². The fourth-order valence-electron chi connectivity index (χ4n) is 2.78. The number of hydrogen-bond donors (Lipinski definition) is 1. The lowest BCUT2D eigenvalue weighted by Gasteiger charge is -2.08. The summed E-state index contributed by atoms with van der Waals surface area (Å²) in [6, 6.07) is 7.21. The second-order valence-electron chi connectivity index (χ2n) is 5.22. The maximum Gasteiger partial charge on any atom is 0.164 e. The second kappa shape index (κ2) is 3.57. The molecular weight excluding hydrogens is 224 g/mol. The zero-order valence-corrected chi connectivity index (χ0v) is 10.5. The van der Waals surface area contributed by atoms with E-state index in [0.29, 0.717) is 6.04 Å². The highest BCUT2D eigenvalue weighted by atomic mass is 15.3. The molecule has 0 unspecified atom stereocenters. The molecule has 1 N–H and O–H groups in total. The van der Waals surface area contributed by atoms with Crippen LogP contribution in [-0.4, -0.2) is 21.3 Å². The summed E-state index contributed by atoms with van der Waals surface area (Å²) in [5.74, 6) is 2.07. The summed E-state index contributed by atoms with van der Waals surface area (Å²) in [6.45, 7) is 3.09. The zero-order chi connectivity index (χ0) is 12.1. The van der Waals surface area contributed by atoms with Crippen LogP contribution in [0.2, 0.25) is 0 Å². The second-order valence-corrected chi connectivity index (χ2v) is 5.22. The van der Waals surface area contributed by atoms with Crippen LogP contribution in [0.1, 0.15) is 30.3 Å². The lowest BCUT2D eigenvalue weighted by atomic mass is 10.1. The van der Waals surface area contributed by atoms with Crippen molar-refractivity contribution in [1.29, 1.82) is 0 Å². The Hall–Kier alpha value is -1.84. The Morgan fingerprint density at radius 1 is 1.28 bits per heavy atom. The van der Waals surface area contributed by atoms with Gasteiger partial charge in [0, 0.05) is 23.8 Å². The van der Waals surface area contributed by atoms with Crippen molar-refractivity contribution in [3.05, 3.63) is 29.6 Å². The molecule has 1 aliphatic heterocycles. The summed E-state index contributed by atoms with van der Waals surface area (Å²) in [4.78, 5) is 0. The summed E-state index contributed by atoms with van der Waals surface area (Å²) in [5, 5.41) is 12.0. The maximum absolute atomic E-state index is 4.37. The van der Waals surface area contributed by atoms with Crippen LogP contribution in [0.25, 0.3) is 11.4 Å². The Morgan fingerprint density at radius 2 is 2.17 bits per heavy atom. The normalized spacial score (nSPS) is 17.6. The van der Waals surface area contributed by atoms with Gasteiger partial charge < -0.3 is 9.88 Å². The van der Waals surface area contributed by atoms with Gasteiger partial charge in [0.05, 0.1) is 0 Å². The van der Waals surface area contributed by atoms with E-state index < -0.39 is 0 Å². The van der Waals surface area contributed by atoms with Gasteiger partial charge in [-0.3, -0.25) is 0 Å². The average molecular weight is 240 g/mol. The molecular formula is C14H16N4. The average Bonchev–Trinajstić information content (AvgIpc) is 2.98. The van der Waals surface area contributed by atoms with E-state index in [9.17, 15) is 0 Å². The van der Waals surface area contributed by atoms with Gasteiger partial charge in [0.1, 0.15) is 5.82 Å². The standard InChI is InChI=1S/C14H16N4/c1-9-16-17-14(18(9)12-3-4-12)11-2-5-13-10(8-11)6-7-15-13/h2,5,8,12,15H,3-4,6-7H2,1H3. The van der Waals surface area contributed by atoms with Gasteiger partial charge in [-0.2, -0.15) is 0 Å². The van der Waals surface area contributed by atoms with Crippen LogP contribution in [0, 0.1) is 6.92 Å². The molecule has 92 valence electrons. The van der Waals surface area contributed by atoms with Crippen LogP contribution in [-0.2, 0) is 6.42 Å². The van der Waals surface area contributed by atoms with Crippen LogP contribution in [0.4, 0.5) is 5.69 Å². The molecule has 2 heterocycles. The Balaban J connectivity index is 1.83. The highest BCUT2D eigenvalue weighted by molar-refractivity contribution is 5.66. The van der Waals surface area contributed by atoms with Crippen molar-refractivity contribution in [2.75, 3.05) is 11.9 Å². The number of nitrogens with one attached hydrogen (secondary N) is 1. The van der Waals surface area contributed by atoms with Crippen LogP contribution in [0.3, 0.4) is 0 Å². The first-order chi connectivity index (χ1) is 8.83. The quantitative estimate of drug-likeness (QED) is 0.877. The van der Waals surface area contributed by atoms with E-state index in [0.717, 1.165) is 24.6 Å². The fourth-order valence-corrected chi connectivity index (χ4v) is 2.78. The largest absolute Gasteiger partial charge is 0.384 e. The lowest BCUT2D eigenvalue weighted by Crippen LogP contribution is -2.00. The Morgan fingerprint density at radius 3 is 3.00 bits per heavy atom. The van der Waals surface area contributed by atoms with Gasteiger partial charge in [-0.1, -0.05) is 0 Å². The minimum atomic E-state index is 0.626. The number of benzene rings is 1. The Labute approximate surface area is 106 Å². The predicted molar refractivity (Wildman–Crippen MR) is 70.7 cm³/mol.